The lowest BCUT2D eigenvalue weighted by atomic mass is 10.1. The van der Waals surface area contributed by atoms with Crippen molar-refractivity contribution in [3.05, 3.63) is 54.4 Å². The summed E-state index contributed by atoms with van der Waals surface area (Å²) < 4.78 is 1.80. The molecule has 0 aliphatic heterocycles. The van der Waals surface area contributed by atoms with Crippen LogP contribution in [0.4, 0.5) is 0 Å². The largest absolute Gasteiger partial charge is 0.394 e. The minimum Gasteiger partial charge on any atom is -0.394 e. The van der Waals surface area contributed by atoms with E-state index in [0.717, 1.165) is 18.5 Å². The Kier molecular flexibility index (Phi) is 5.32. The van der Waals surface area contributed by atoms with Crippen molar-refractivity contribution < 1.29 is 9.90 Å². The van der Waals surface area contributed by atoms with E-state index < -0.39 is 0 Å². The van der Waals surface area contributed by atoms with Crippen LogP contribution in [0.2, 0.25) is 0 Å². The SMILES string of the molecule is O=C(CCCn1cccn1)NC(CO)c1ccccc1. The molecule has 0 spiro atoms. The minimum absolute atomic E-state index is 0.0555. The number of aliphatic hydroxyl groups is 1. The molecule has 1 atom stereocenters. The third-order valence-corrected chi connectivity index (χ3v) is 3.07. The molecule has 5 nitrogen and oxygen atoms in total. The lowest BCUT2D eigenvalue weighted by molar-refractivity contribution is -0.122. The first-order chi connectivity index (χ1) is 9.79. The molecule has 2 rings (SSSR count). The highest BCUT2D eigenvalue weighted by atomic mass is 16.3. The maximum Gasteiger partial charge on any atom is 0.220 e. The molecule has 0 fully saturated rings. The summed E-state index contributed by atoms with van der Waals surface area (Å²) in [5.74, 6) is -0.0555. The number of benzene rings is 1. The van der Waals surface area contributed by atoms with E-state index in [4.69, 9.17) is 0 Å². The average Bonchev–Trinajstić information content (AvgIpc) is 2.99. The molecule has 1 heterocycles. The smallest absolute Gasteiger partial charge is 0.220 e. The fraction of sp³-hybridized carbons (Fsp3) is 0.333. The van der Waals surface area contributed by atoms with Crippen molar-refractivity contribution in [2.45, 2.75) is 25.4 Å². The number of nitrogens with one attached hydrogen (secondary N) is 1. The van der Waals surface area contributed by atoms with Crippen LogP contribution in [0.3, 0.4) is 0 Å². The Hall–Kier alpha value is -2.14. The first kappa shape index (κ1) is 14.3. The second-order valence-electron chi connectivity index (χ2n) is 4.59. The van der Waals surface area contributed by atoms with Gasteiger partial charge < -0.3 is 10.4 Å². The van der Waals surface area contributed by atoms with Gasteiger partial charge in [-0.1, -0.05) is 30.3 Å². The quantitative estimate of drug-likeness (QED) is 0.803. The molecule has 1 unspecified atom stereocenters. The molecule has 1 aromatic carbocycles. The molecular formula is C15H19N3O2. The second-order valence-corrected chi connectivity index (χ2v) is 4.59. The molecule has 2 N–H and O–H groups in total. The number of nitrogens with zero attached hydrogens (tertiary/aromatic N) is 2. The minimum atomic E-state index is -0.339. The van der Waals surface area contributed by atoms with Gasteiger partial charge in [-0.05, 0) is 18.1 Å². The van der Waals surface area contributed by atoms with Gasteiger partial charge in [0.15, 0.2) is 0 Å². The van der Waals surface area contributed by atoms with E-state index in [1.807, 2.05) is 42.6 Å². The molecule has 0 radical (unpaired) electrons. The van der Waals surface area contributed by atoms with Crippen LogP contribution in [0.1, 0.15) is 24.4 Å². The lowest BCUT2D eigenvalue weighted by Gasteiger charge is -2.16. The van der Waals surface area contributed by atoms with Crippen molar-refractivity contribution in [3.8, 4) is 0 Å². The van der Waals surface area contributed by atoms with Crippen molar-refractivity contribution in [1.82, 2.24) is 15.1 Å². The van der Waals surface area contributed by atoms with Gasteiger partial charge in [-0.25, -0.2) is 0 Å². The van der Waals surface area contributed by atoms with Crippen LogP contribution >= 0.6 is 0 Å². The maximum absolute atomic E-state index is 11.9. The number of hydrogen-bond donors (Lipinski definition) is 2. The van der Waals surface area contributed by atoms with Crippen LogP contribution in [0.15, 0.2) is 48.8 Å². The first-order valence-corrected chi connectivity index (χ1v) is 6.72. The Labute approximate surface area is 118 Å². The van der Waals surface area contributed by atoms with Crippen molar-refractivity contribution in [1.29, 1.82) is 0 Å². The summed E-state index contributed by atoms with van der Waals surface area (Å²) in [5, 5.41) is 16.3. The van der Waals surface area contributed by atoms with Gasteiger partial charge in [-0.15, -0.1) is 0 Å². The van der Waals surface area contributed by atoms with Gasteiger partial charge in [0.05, 0.1) is 12.6 Å². The Morgan fingerprint density at radius 2 is 2.10 bits per heavy atom. The highest BCUT2D eigenvalue weighted by Gasteiger charge is 2.12. The molecule has 1 aromatic heterocycles. The van der Waals surface area contributed by atoms with Gasteiger partial charge in [0.2, 0.25) is 5.91 Å². The van der Waals surface area contributed by atoms with Crippen LogP contribution in [0.5, 0.6) is 0 Å². The lowest BCUT2D eigenvalue weighted by Crippen LogP contribution is -2.30. The molecule has 0 aliphatic rings. The van der Waals surface area contributed by atoms with Crippen LogP contribution in [-0.2, 0) is 11.3 Å². The van der Waals surface area contributed by atoms with Crippen LogP contribution in [0.25, 0.3) is 0 Å². The molecule has 5 heteroatoms. The molecule has 0 aliphatic carbocycles. The summed E-state index contributed by atoms with van der Waals surface area (Å²) in [4.78, 5) is 11.9. The fourth-order valence-corrected chi connectivity index (χ4v) is 2.02. The monoisotopic (exact) mass is 273 g/mol. The average molecular weight is 273 g/mol. The molecule has 20 heavy (non-hydrogen) atoms. The summed E-state index contributed by atoms with van der Waals surface area (Å²) >= 11 is 0. The third-order valence-electron chi connectivity index (χ3n) is 3.07. The molecule has 0 bridgehead atoms. The van der Waals surface area contributed by atoms with E-state index in [9.17, 15) is 9.90 Å². The zero-order valence-corrected chi connectivity index (χ0v) is 11.3. The summed E-state index contributed by atoms with van der Waals surface area (Å²) in [6.45, 7) is 0.616. The Morgan fingerprint density at radius 1 is 1.30 bits per heavy atom. The van der Waals surface area contributed by atoms with E-state index in [0.29, 0.717) is 6.42 Å². The molecule has 0 saturated carbocycles. The number of amides is 1. The zero-order valence-electron chi connectivity index (χ0n) is 11.3. The van der Waals surface area contributed by atoms with Crippen molar-refractivity contribution in [2.75, 3.05) is 6.61 Å². The number of carbonyl (C=O) groups is 1. The molecule has 106 valence electrons. The van der Waals surface area contributed by atoms with Crippen molar-refractivity contribution in [3.63, 3.8) is 0 Å². The topological polar surface area (TPSA) is 67.2 Å². The second kappa shape index (κ2) is 7.45. The maximum atomic E-state index is 11.9. The van der Waals surface area contributed by atoms with Crippen molar-refractivity contribution >= 4 is 5.91 Å². The predicted molar refractivity (Wildman–Crippen MR) is 75.9 cm³/mol. The Balaban J connectivity index is 1.78. The van der Waals surface area contributed by atoms with Gasteiger partial charge >= 0.3 is 0 Å². The van der Waals surface area contributed by atoms with Gasteiger partial charge in [0.25, 0.3) is 0 Å². The zero-order chi connectivity index (χ0) is 14.2. The van der Waals surface area contributed by atoms with Gasteiger partial charge in [-0.2, -0.15) is 5.10 Å². The van der Waals surface area contributed by atoms with E-state index in [2.05, 4.69) is 10.4 Å². The molecule has 1 amide bonds. The number of rotatable bonds is 7. The van der Waals surface area contributed by atoms with Crippen LogP contribution < -0.4 is 5.32 Å². The number of aromatic nitrogens is 2. The number of carbonyl (C=O) groups excluding carboxylic acids is 1. The molecule has 0 saturated heterocycles. The predicted octanol–water partition coefficient (Wildman–Crippen LogP) is 1.51. The van der Waals surface area contributed by atoms with E-state index >= 15 is 0 Å². The standard InChI is InChI=1S/C15H19N3O2/c19-12-14(13-6-2-1-3-7-13)17-15(20)8-4-10-18-11-5-9-16-18/h1-3,5-7,9,11,14,19H,4,8,10,12H2,(H,17,20). The first-order valence-electron chi connectivity index (χ1n) is 6.72. The van der Waals surface area contributed by atoms with Crippen LogP contribution in [0, 0.1) is 0 Å². The number of hydrogen-bond acceptors (Lipinski definition) is 3. The van der Waals surface area contributed by atoms with Crippen molar-refractivity contribution in [2.24, 2.45) is 0 Å². The van der Waals surface area contributed by atoms with Gasteiger partial charge in [0, 0.05) is 25.4 Å². The summed E-state index contributed by atoms with van der Waals surface area (Å²) in [5.41, 5.74) is 0.912. The van der Waals surface area contributed by atoms with E-state index in [1.54, 1.807) is 10.9 Å². The summed E-state index contributed by atoms with van der Waals surface area (Å²) in [7, 11) is 0. The third kappa shape index (κ3) is 4.20. The van der Waals surface area contributed by atoms with E-state index in [-0.39, 0.29) is 18.6 Å². The van der Waals surface area contributed by atoms with Gasteiger partial charge in [0.1, 0.15) is 0 Å². The molecular weight excluding hydrogens is 254 g/mol. The van der Waals surface area contributed by atoms with Gasteiger partial charge in [-0.3, -0.25) is 9.48 Å². The molecule has 2 aromatic rings. The highest BCUT2D eigenvalue weighted by Crippen LogP contribution is 2.11. The number of aryl methyl sites for hydroxylation is 1. The number of aliphatic hydroxyl groups excluding tert-OH is 1. The Morgan fingerprint density at radius 3 is 2.75 bits per heavy atom. The normalized spacial score (nSPS) is 12.1. The summed E-state index contributed by atoms with van der Waals surface area (Å²) in [6.07, 6.45) is 4.74. The highest BCUT2D eigenvalue weighted by molar-refractivity contribution is 5.76. The summed E-state index contributed by atoms with van der Waals surface area (Å²) in [6, 6.07) is 11.0. The van der Waals surface area contributed by atoms with E-state index in [1.165, 1.54) is 0 Å². The van der Waals surface area contributed by atoms with Crippen LogP contribution in [-0.4, -0.2) is 27.4 Å². The Bertz CT molecular complexity index is 511. The fourth-order valence-electron chi connectivity index (χ4n) is 2.02.